The van der Waals surface area contributed by atoms with Crippen molar-refractivity contribution in [2.75, 3.05) is 12.4 Å². The van der Waals surface area contributed by atoms with Crippen LogP contribution in [-0.2, 0) is 4.74 Å². The molecule has 0 unspecified atom stereocenters. The minimum absolute atomic E-state index is 0.283. The predicted octanol–water partition coefficient (Wildman–Crippen LogP) is 1.71. The zero-order valence-electron chi connectivity index (χ0n) is 6.87. The molecule has 1 aromatic rings. The highest BCUT2D eigenvalue weighted by Crippen LogP contribution is 2.25. The summed E-state index contributed by atoms with van der Waals surface area (Å²) in [5, 5.41) is 11.2. The number of ether oxygens (including phenoxy) is 1. The lowest BCUT2D eigenvalue weighted by Crippen LogP contribution is -2.12. The summed E-state index contributed by atoms with van der Waals surface area (Å²) in [6.07, 6.45) is -0.833. The molecule has 0 aromatic heterocycles. The third kappa shape index (κ3) is 2.08. The third-order valence-corrected chi connectivity index (χ3v) is 1.40. The minimum Gasteiger partial charge on any atom is -0.506 e. The highest BCUT2D eigenvalue weighted by atomic mass is 19.1. The van der Waals surface area contributed by atoms with Crippen LogP contribution in [0.4, 0.5) is 14.9 Å². The highest BCUT2D eigenvalue weighted by Gasteiger charge is 2.10. The van der Waals surface area contributed by atoms with E-state index in [1.807, 2.05) is 5.32 Å². The molecule has 0 saturated heterocycles. The van der Waals surface area contributed by atoms with Crippen molar-refractivity contribution < 1.29 is 19.0 Å². The van der Waals surface area contributed by atoms with Gasteiger partial charge >= 0.3 is 6.09 Å². The Morgan fingerprint density at radius 2 is 2.31 bits per heavy atom. The Bertz CT molecular complexity index is 307. The average molecular weight is 185 g/mol. The Balaban J connectivity index is 2.93. The van der Waals surface area contributed by atoms with E-state index in [1.54, 1.807) is 0 Å². The molecule has 0 aliphatic heterocycles. The molecule has 0 radical (unpaired) electrons. The van der Waals surface area contributed by atoms with E-state index in [1.165, 1.54) is 12.1 Å². The number of halogens is 1. The standard InChI is InChI=1S/C8H8FNO3/c1-13-8(12)10-7-5(9)3-2-4-6(7)11/h2-4,11H,1H3,(H,10,12). The fourth-order valence-corrected chi connectivity index (χ4v) is 0.790. The number of phenolic OH excluding ortho intramolecular Hbond substituents is 1. The molecule has 13 heavy (non-hydrogen) atoms. The molecule has 5 heteroatoms. The van der Waals surface area contributed by atoms with E-state index < -0.39 is 11.9 Å². The lowest BCUT2D eigenvalue weighted by atomic mass is 10.3. The number of aromatic hydroxyl groups is 1. The summed E-state index contributed by atoms with van der Waals surface area (Å²) in [6, 6.07) is 3.70. The largest absolute Gasteiger partial charge is 0.506 e. The lowest BCUT2D eigenvalue weighted by Gasteiger charge is -2.06. The molecule has 0 fully saturated rings. The van der Waals surface area contributed by atoms with Crippen LogP contribution < -0.4 is 5.32 Å². The number of methoxy groups -OCH3 is 1. The van der Waals surface area contributed by atoms with Crippen LogP contribution in [0.3, 0.4) is 0 Å². The zero-order chi connectivity index (χ0) is 9.84. The minimum atomic E-state index is -0.833. The van der Waals surface area contributed by atoms with Gasteiger partial charge in [0.05, 0.1) is 7.11 Å². The summed E-state index contributed by atoms with van der Waals surface area (Å²) in [6.45, 7) is 0. The number of hydrogen-bond acceptors (Lipinski definition) is 3. The molecule has 0 bridgehead atoms. The normalized spacial score (nSPS) is 9.38. The quantitative estimate of drug-likeness (QED) is 0.655. The number of carbonyl (C=O) groups excluding carboxylic acids is 1. The highest BCUT2D eigenvalue weighted by molar-refractivity contribution is 5.86. The fraction of sp³-hybridized carbons (Fsp3) is 0.125. The number of para-hydroxylation sites is 1. The van der Waals surface area contributed by atoms with Crippen LogP contribution in [0, 0.1) is 5.82 Å². The zero-order valence-corrected chi connectivity index (χ0v) is 6.87. The van der Waals surface area contributed by atoms with Crippen molar-refractivity contribution in [2.24, 2.45) is 0 Å². The monoisotopic (exact) mass is 185 g/mol. The maximum Gasteiger partial charge on any atom is 0.411 e. The number of phenols is 1. The lowest BCUT2D eigenvalue weighted by molar-refractivity contribution is 0.186. The molecule has 0 saturated carbocycles. The Morgan fingerprint density at radius 1 is 1.62 bits per heavy atom. The first-order valence-electron chi connectivity index (χ1n) is 3.47. The molecular formula is C8H8FNO3. The van der Waals surface area contributed by atoms with E-state index in [-0.39, 0.29) is 11.4 Å². The first-order valence-corrected chi connectivity index (χ1v) is 3.47. The number of benzene rings is 1. The SMILES string of the molecule is COC(=O)Nc1c(O)cccc1F. The smallest absolute Gasteiger partial charge is 0.411 e. The summed E-state index contributed by atoms with van der Waals surface area (Å²) in [5.41, 5.74) is -0.283. The van der Waals surface area contributed by atoms with Crippen molar-refractivity contribution in [1.82, 2.24) is 0 Å². The number of anilines is 1. The van der Waals surface area contributed by atoms with Crippen molar-refractivity contribution in [3.63, 3.8) is 0 Å². The molecule has 0 atom stereocenters. The van der Waals surface area contributed by atoms with Gasteiger partial charge in [-0.25, -0.2) is 9.18 Å². The van der Waals surface area contributed by atoms with Gasteiger partial charge in [0.2, 0.25) is 0 Å². The maximum atomic E-state index is 12.9. The maximum absolute atomic E-state index is 12.9. The Morgan fingerprint density at radius 3 is 2.85 bits per heavy atom. The van der Waals surface area contributed by atoms with Gasteiger partial charge in [0.1, 0.15) is 11.4 Å². The second-order valence-electron chi connectivity index (χ2n) is 2.25. The molecule has 1 rings (SSSR count). The molecule has 0 aliphatic rings. The van der Waals surface area contributed by atoms with E-state index in [9.17, 15) is 9.18 Å². The van der Waals surface area contributed by atoms with Gasteiger partial charge in [-0.3, -0.25) is 5.32 Å². The van der Waals surface area contributed by atoms with Crippen LogP contribution in [0.2, 0.25) is 0 Å². The number of rotatable bonds is 1. The van der Waals surface area contributed by atoms with Gasteiger partial charge in [-0.15, -0.1) is 0 Å². The number of carbonyl (C=O) groups is 1. The van der Waals surface area contributed by atoms with Crippen LogP contribution in [0.5, 0.6) is 5.75 Å². The summed E-state index contributed by atoms with van der Waals surface area (Å²) in [5.74, 6) is -1.06. The molecule has 1 aromatic carbocycles. The van der Waals surface area contributed by atoms with Gasteiger partial charge in [0.15, 0.2) is 5.82 Å². The van der Waals surface area contributed by atoms with Gasteiger partial charge in [-0.1, -0.05) is 6.07 Å². The van der Waals surface area contributed by atoms with Crippen molar-refractivity contribution >= 4 is 11.8 Å². The second-order valence-corrected chi connectivity index (χ2v) is 2.25. The van der Waals surface area contributed by atoms with E-state index in [4.69, 9.17) is 5.11 Å². The van der Waals surface area contributed by atoms with E-state index in [2.05, 4.69) is 4.74 Å². The molecule has 0 heterocycles. The number of amides is 1. The van der Waals surface area contributed by atoms with Crippen LogP contribution in [0.1, 0.15) is 0 Å². The van der Waals surface area contributed by atoms with Crippen molar-refractivity contribution in [2.45, 2.75) is 0 Å². The van der Waals surface area contributed by atoms with Crippen LogP contribution in [-0.4, -0.2) is 18.3 Å². The summed E-state index contributed by atoms with van der Waals surface area (Å²) in [7, 11) is 1.15. The molecule has 1 amide bonds. The summed E-state index contributed by atoms with van der Waals surface area (Å²) < 4.78 is 17.2. The molecule has 4 nitrogen and oxygen atoms in total. The Hall–Kier alpha value is -1.78. The molecule has 0 spiro atoms. The second kappa shape index (κ2) is 3.75. The van der Waals surface area contributed by atoms with Crippen molar-refractivity contribution in [1.29, 1.82) is 0 Å². The van der Waals surface area contributed by atoms with E-state index >= 15 is 0 Å². The number of hydrogen-bond donors (Lipinski definition) is 2. The average Bonchev–Trinajstić information content (AvgIpc) is 2.11. The first-order chi connectivity index (χ1) is 6.15. The van der Waals surface area contributed by atoms with Crippen molar-refractivity contribution in [3.8, 4) is 5.75 Å². The fourth-order valence-electron chi connectivity index (χ4n) is 0.790. The van der Waals surface area contributed by atoms with E-state index in [0.29, 0.717) is 0 Å². The van der Waals surface area contributed by atoms with Crippen LogP contribution in [0.15, 0.2) is 18.2 Å². The first kappa shape index (κ1) is 9.31. The van der Waals surface area contributed by atoms with Gasteiger partial charge in [0, 0.05) is 0 Å². The van der Waals surface area contributed by atoms with Crippen LogP contribution >= 0.6 is 0 Å². The summed E-state index contributed by atoms with van der Waals surface area (Å²) >= 11 is 0. The van der Waals surface area contributed by atoms with Gasteiger partial charge < -0.3 is 9.84 Å². The predicted molar refractivity (Wildman–Crippen MR) is 44.1 cm³/mol. The third-order valence-electron chi connectivity index (χ3n) is 1.40. The topological polar surface area (TPSA) is 58.6 Å². The Labute approximate surface area is 73.9 Å². The van der Waals surface area contributed by atoms with E-state index in [0.717, 1.165) is 13.2 Å². The van der Waals surface area contributed by atoms with Gasteiger partial charge in [0.25, 0.3) is 0 Å². The Kier molecular flexibility index (Phi) is 2.69. The van der Waals surface area contributed by atoms with Crippen LogP contribution in [0.25, 0.3) is 0 Å². The van der Waals surface area contributed by atoms with Crippen molar-refractivity contribution in [3.05, 3.63) is 24.0 Å². The molecule has 70 valence electrons. The molecular weight excluding hydrogens is 177 g/mol. The molecule has 0 aliphatic carbocycles. The molecule has 2 N–H and O–H groups in total. The van der Waals surface area contributed by atoms with Gasteiger partial charge in [-0.2, -0.15) is 0 Å². The number of nitrogens with one attached hydrogen (secondary N) is 1. The summed E-state index contributed by atoms with van der Waals surface area (Å²) in [4.78, 5) is 10.7. The van der Waals surface area contributed by atoms with Gasteiger partial charge in [-0.05, 0) is 12.1 Å².